The molecule has 2 amide bonds. The van der Waals surface area contributed by atoms with Gasteiger partial charge in [0.15, 0.2) is 5.96 Å². The van der Waals surface area contributed by atoms with E-state index in [-0.39, 0.29) is 24.2 Å². The van der Waals surface area contributed by atoms with Crippen LogP contribution in [0.5, 0.6) is 5.75 Å². The number of fused-ring (bicyclic) bond motifs is 1. The summed E-state index contributed by atoms with van der Waals surface area (Å²) in [5, 5.41) is 25.8. The predicted molar refractivity (Wildman–Crippen MR) is 133 cm³/mol. The van der Waals surface area contributed by atoms with Crippen molar-refractivity contribution in [2.45, 2.75) is 76.8 Å². The molecule has 0 aliphatic carbocycles. The summed E-state index contributed by atoms with van der Waals surface area (Å²) in [5.41, 5.74) is -0.957. The number of benzene rings is 2. The van der Waals surface area contributed by atoms with Crippen LogP contribution in [0.3, 0.4) is 0 Å². The largest absolute Gasteiger partial charge is 0.484 e. The monoisotopic (exact) mass is 478 g/mol. The second-order valence-electron chi connectivity index (χ2n) is 10.8. The van der Waals surface area contributed by atoms with E-state index in [1.807, 2.05) is 51.1 Å². The van der Waals surface area contributed by atoms with E-state index in [9.17, 15) is 14.7 Å². The second-order valence-corrected chi connectivity index (χ2v) is 10.8. The van der Waals surface area contributed by atoms with Gasteiger partial charge in [-0.3, -0.25) is 19.9 Å². The first-order valence-corrected chi connectivity index (χ1v) is 11.8. The zero-order chi connectivity index (χ0) is 25.8. The number of para-hydroxylation sites is 1. The summed E-state index contributed by atoms with van der Waals surface area (Å²) < 4.78 is 6.04. The quantitative estimate of drug-likeness (QED) is 0.535. The molecule has 2 aliphatic heterocycles. The van der Waals surface area contributed by atoms with Gasteiger partial charge >= 0.3 is 0 Å². The molecule has 0 spiro atoms. The van der Waals surface area contributed by atoms with Crippen LogP contribution in [-0.4, -0.2) is 44.5 Å². The lowest BCUT2D eigenvalue weighted by Gasteiger charge is -2.49. The molecule has 1 saturated heterocycles. The molecule has 0 bridgehead atoms. The smallest absolute Gasteiger partial charge is 0.251 e. The predicted octanol–water partition coefficient (Wildman–Crippen LogP) is 3.68. The van der Waals surface area contributed by atoms with Crippen molar-refractivity contribution in [3.63, 3.8) is 0 Å². The summed E-state index contributed by atoms with van der Waals surface area (Å²) in [6.07, 6.45) is 0.272. The molecule has 2 heterocycles. The third-order valence-electron chi connectivity index (χ3n) is 7.23. The van der Waals surface area contributed by atoms with Crippen LogP contribution in [0.1, 0.15) is 81.5 Å². The Bertz CT molecular complexity index is 1170. The first kappa shape index (κ1) is 24.7. The maximum Gasteiger partial charge on any atom is 0.251 e. The summed E-state index contributed by atoms with van der Waals surface area (Å²) in [5.74, 6) is 0.175. The highest BCUT2D eigenvalue weighted by Crippen LogP contribution is 2.46. The topological polar surface area (TPSA) is 115 Å². The van der Waals surface area contributed by atoms with Crippen molar-refractivity contribution in [2.75, 3.05) is 0 Å². The first-order valence-electron chi connectivity index (χ1n) is 11.8. The fourth-order valence-corrected chi connectivity index (χ4v) is 4.78. The molecule has 0 aromatic heterocycles. The number of nitrogens with zero attached hydrogens (tertiary/aromatic N) is 1. The molecule has 3 atom stereocenters. The van der Waals surface area contributed by atoms with Crippen LogP contribution in [-0.2, 0) is 4.79 Å². The van der Waals surface area contributed by atoms with Gasteiger partial charge < -0.3 is 20.5 Å². The third kappa shape index (κ3) is 4.38. The third-order valence-corrected chi connectivity index (χ3v) is 7.23. The molecule has 4 rings (SSSR count). The molecule has 8 nitrogen and oxygen atoms in total. The number of rotatable bonds is 4. The van der Waals surface area contributed by atoms with E-state index in [0.717, 1.165) is 5.56 Å². The average Bonchev–Trinajstić information content (AvgIpc) is 2.75. The minimum atomic E-state index is -1.38. The van der Waals surface area contributed by atoms with Crippen LogP contribution in [0.25, 0.3) is 0 Å². The van der Waals surface area contributed by atoms with Gasteiger partial charge in [0.2, 0.25) is 5.91 Å². The standard InChI is InChI=1S/C27H34N4O4/c1-16(31-21(32)15-25(2,3)30-24(31)28)17-10-9-11-18(14-17)23(33)29-22-19-12-7-8-13-20(19)35-26(4,5)27(22,6)34/h7-14,16,22,34H,15H2,1-6H3,(H2,28,30)(H,29,33). The number of amides is 2. The van der Waals surface area contributed by atoms with Gasteiger partial charge in [-0.15, -0.1) is 0 Å². The molecule has 2 aromatic carbocycles. The van der Waals surface area contributed by atoms with E-state index in [1.54, 1.807) is 39.0 Å². The average molecular weight is 479 g/mol. The summed E-state index contributed by atoms with van der Waals surface area (Å²) in [6, 6.07) is 13.3. The highest BCUT2D eigenvalue weighted by Gasteiger charge is 2.53. The van der Waals surface area contributed by atoms with Gasteiger partial charge in [0.1, 0.15) is 17.0 Å². The fourth-order valence-electron chi connectivity index (χ4n) is 4.78. The molecule has 8 heteroatoms. The Balaban J connectivity index is 1.60. The normalized spacial score (nSPS) is 25.7. The molecule has 0 saturated carbocycles. The lowest BCUT2D eigenvalue weighted by Crippen LogP contribution is -2.62. The van der Waals surface area contributed by atoms with Crippen molar-refractivity contribution in [1.82, 2.24) is 15.5 Å². The second kappa shape index (κ2) is 8.37. The number of carbonyl (C=O) groups is 2. The molecule has 2 aromatic rings. The Morgan fingerprint density at radius 1 is 1.17 bits per heavy atom. The zero-order valence-corrected chi connectivity index (χ0v) is 21.1. The Hall–Kier alpha value is -3.39. The molecule has 2 aliphatic rings. The van der Waals surface area contributed by atoms with Gasteiger partial charge in [0.05, 0.1) is 12.1 Å². The van der Waals surface area contributed by atoms with Crippen molar-refractivity contribution >= 4 is 17.8 Å². The number of aliphatic hydroxyl groups is 1. The molecule has 4 N–H and O–H groups in total. The number of ether oxygens (including phenoxy) is 1. The molecule has 0 radical (unpaired) electrons. The van der Waals surface area contributed by atoms with Crippen molar-refractivity contribution in [3.8, 4) is 5.75 Å². The fraction of sp³-hybridized carbons (Fsp3) is 0.444. The van der Waals surface area contributed by atoms with E-state index in [2.05, 4.69) is 10.6 Å². The van der Waals surface area contributed by atoms with Gasteiger partial charge in [0.25, 0.3) is 5.91 Å². The number of nitrogens with one attached hydrogen (secondary N) is 3. The molecule has 186 valence electrons. The highest BCUT2D eigenvalue weighted by atomic mass is 16.5. The number of hydrogen-bond acceptors (Lipinski definition) is 5. The zero-order valence-electron chi connectivity index (χ0n) is 21.1. The Morgan fingerprint density at radius 2 is 1.86 bits per heavy atom. The summed E-state index contributed by atoms with van der Waals surface area (Å²) in [4.78, 5) is 27.6. The van der Waals surface area contributed by atoms with E-state index < -0.39 is 28.8 Å². The van der Waals surface area contributed by atoms with Crippen LogP contribution in [0.2, 0.25) is 0 Å². The molecule has 1 fully saturated rings. The van der Waals surface area contributed by atoms with Crippen LogP contribution >= 0.6 is 0 Å². The summed E-state index contributed by atoms with van der Waals surface area (Å²) >= 11 is 0. The molecule has 3 unspecified atom stereocenters. The molecular formula is C27H34N4O4. The van der Waals surface area contributed by atoms with Gasteiger partial charge in [-0.2, -0.15) is 0 Å². The maximum atomic E-state index is 13.4. The number of guanidine groups is 1. The van der Waals surface area contributed by atoms with E-state index in [1.165, 1.54) is 4.90 Å². The SMILES string of the molecule is CC(c1cccc(C(=O)NC2c3ccccc3OC(C)(C)C2(C)O)c1)N1C(=N)NC(C)(C)CC1=O. The number of hydrogen-bond donors (Lipinski definition) is 4. The van der Waals surface area contributed by atoms with Crippen molar-refractivity contribution < 1.29 is 19.4 Å². The van der Waals surface area contributed by atoms with E-state index in [4.69, 9.17) is 10.1 Å². The highest BCUT2D eigenvalue weighted by molar-refractivity contribution is 5.99. The van der Waals surface area contributed by atoms with Gasteiger partial charge in [-0.25, -0.2) is 0 Å². The molecular weight excluding hydrogens is 444 g/mol. The maximum absolute atomic E-state index is 13.4. The van der Waals surface area contributed by atoms with E-state index in [0.29, 0.717) is 16.9 Å². The first-order chi connectivity index (χ1) is 16.2. The Kier molecular flexibility index (Phi) is 5.92. The van der Waals surface area contributed by atoms with Crippen molar-refractivity contribution in [3.05, 3.63) is 65.2 Å². The van der Waals surface area contributed by atoms with Gasteiger partial charge in [0, 0.05) is 23.1 Å². The van der Waals surface area contributed by atoms with Crippen molar-refractivity contribution in [1.29, 1.82) is 5.41 Å². The lowest BCUT2D eigenvalue weighted by molar-refractivity contribution is -0.137. The lowest BCUT2D eigenvalue weighted by atomic mass is 9.75. The summed E-state index contributed by atoms with van der Waals surface area (Å²) in [6.45, 7) is 10.9. The van der Waals surface area contributed by atoms with E-state index >= 15 is 0 Å². The Morgan fingerprint density at radius 3 is 2.54 bits per heavy atom. The van der Waals surface area contributed by atoms with Gasteiger partial charge in [-0.05, 0) is 65.3 Å². The van der Waals surface area contributed by atoms with Gasteiger partial charge in [-0.1, -0.05) is 30.3 Å². The Labute approximate surface area is 206 Å². The minimum absolute atomic E-state index is 0.0469. The van der Waals surface area contributed by atoms with Crippen LogP contribution < -0.4 is 15.4 Å². The van der Waals surface area contributed by atoms with Crippen LogP contribution in [0.15, 0.2) is 48.5 Å². The molecule has 35 heavy (non-hydrogen) atoms. The van der Waals surface area contributed by atoms with Crippen LogP contribution in [0, 0.1) is 5.41 Å². The van der Waals surface area contributed by atoms with Crippen molar-refractivity contribution in [2.24, 2.45) is 0 Å². The minimum Gasteiger partial charge on any atom is -0.484 e. The van der Waals surface area contributed by atoms with Crippen LogP contribution in [0.4, 0.5) is 0 Å². The summed E-state index contributed by atoms with van der Waals surface area (Å²) in [7, 11) is 0. The number of carbonyl (C=O) groups excluding carboxylic acids is 2.